The number of ether oxygens (including phenoxy) is 2. The number of rotatable bonds is 13. The highest BCUT2D eigenvalue weighted by Crippen LogP contribution is 2.37. The molecule has 3 aromatic rings. The first-order valence-corrected chi connectivity index (χ1v) is 11.3. The lowest BCUT2D eigenvalue weighted by atomic mass is 10.1. The summed E-state index contributed by atoms with van der Waals surface area (Å²) in [6.45, 7) is 8.30. The molecule has 0 amide bonds. The van der Waals surface area contributed by atoms with Gasteiger partial charge in [0.05, 0.1) is 43.1 Å². The number of benzene rings is 2. The van der Waals surface area contributed by atoms with Crippen molar-refractivity contribution in [3.63, 3.8) is 0 Å². The van der Waals surface area contributed by atoms with E-state index in [2.05, 4.69) is 34.8 Å². The van der Waals surface area contributed by atoms with Gasteiger partial charge in [-0.2, -0.15) is 5.10 Å². The maximum atomic E-state index is 9.19. The second-order valence-corrected chi connectivity index (χ2v) is 7.33. The maximum Gasteiger partial charge on any atom is 0.144 e. The second-order valence-electron chi connectivity index (χ2n) is 7.33. The van der Waals surface area contributed by atoms with E-state index in [1.54, 1.807) is 0 Å². The van der Waals surface area contributed by atoms with Gasteiger partial charge in [0.1, 0.15) is 11.5 Å². The maximum absolute atomic E-state index is 9.19. The Labute approximate surface area is 190 Å². The molecule has 0 aliphatic rings. The molecule has 0 atom stereocenters. The Bertz CT molecular complexity index is 973. The molecule has 3 rings (SSSR count). The van der Waals surface area contributed by atoms with Crippen LogP contribution in [0.2, 0.25) is 0 Å². The number of anilines is 2. The first-order valence-electron chi connectivity index (χ1n) is 11.3. The fraction of sp³-hybridized carbons (Fsp3) is 0.400. The van der Waals surface area contributed by atoms with Crippen molar-refractivity contribution >= 4 is 11.4 Å². The standard InChI is InChI=1S/C25H34N4O3/c1-4-10-23-19(18-28-29(23)20-11-8-7-9-12-20)17-27-22-16-24(31-5-2)21(26-13-14-30)15-25(22)32-6-3/h7-9,11-12,15-16,18,26-27,30H,4-6,10,13-14,17H2,1-3H3. The normalized spacial score (nSPS) is 10.8. The zero-order chi connectivity index (χ0) is 22.8. The number of nitrogens with zero attached hydrogens (tertiary/aromatic N) is 2. The molecule has 3 N–H and O–H groups in total. The Hall–Kier alpha value is -3.19. The number of hydrogen-bond acceptors (Lipinski definition) is 6. The molecule has 1 heterocycles. The van der Waals surface area contributed by atoms with Gasteiger partial charge in [0.2, 0.25) is 0 Å². The van der Waals surface area contributed by atoms with E-state index < -0.39 is 0 Å². The summed E-state index contributed by atoms with van der Waals surface area (Å²) in [5.41, 5.74) is 5.09. The van der Waals surface area contributed by atoms with Crippen LogP contribution in [-0.4, -0.2) is 41.3 Å². The predicted octanol–water partition coefficient (Wildman–Crippen LogP) is 4.64. The van der Waals surface area contributed by atoms with E-state index >= 15 is 0 Å². The van der Waals surface area contributed by atoms with E-state index in [1.807, 2.05) is 55.1 Å². The monoisotopic (exact) mass is 438 g/mol. The minimum Gasteiger partial charge on any atom is -0.492 e. The number of aliphatic hydroxyl groups is 1. The minimum absolute atomic E-state index is 0.0428. The summed E-state index contributed by atoms with van der Waals surface area (Å²) in [7, 11) is 0. The lowest BCUT2D eigenvalue weighted by Gasteiger charge is -2.18. The molecule has 0 saturated carbocycles. The second kappa shape index (κ2) is 12.0. The van der Waals surface area contributed by atoms with Gasteiger partial charge in [0, 0.05) is 36.5 Å². The Morgan fingerprint density at radius 2 is 1.59 bits per heavy atom. The van der Waals surface area contributed by atoms with Crippen LogP contribution in [0.3, 0.4) is 0 Å². The van der Waals surface area contributed by atoms with Gasteiger partial charge in [-0.15, -0.1) is 0 Å². The Morgan fingerprint density at radius 3 is 2.19 bits per heavy atom. The van der Waals surface area contributed by atoms with Gasteiger partial charge in [0.15, 0.2) is 0 Å². The summed E-state index contributed by atoms with van der Waals surface area (Å²) in [6, 6.07) is 14.1. The molecule has 0 spiro atoms. The van der Waals surface area contributed by atoms with Crippen molar-refractivity contribution in [2.75, 3.05) is 37.0 Å². The van der Waals surface area contributed by atoms with Crippen molar-refractivity contribution in [3.8, 4) is 17.2 Å². The molecule has 0 saturated heterocycles. The highest BCUT2D eigenvalue weighted by atomic mass is 16.5. The summed E-state index contributed by atoms with van der Waals surface area (Å²) < 4.78 is 13.7. The fourth-order valence-corrected chi connectivity index (χ4v) is 3.62. The number of hydrogen-bond donors (Lipinski definition) is 3. The number of para-hydroxylation sites is 1. The molecule has 172 valence electrons. The summed E-state index contributed by atoms with van der Waals surface area (Å²) in [4.78, 5) is 0. The third-order valence-electron chi connectivity index (χ3n) is 5.02. The molecule has 0 aliphatic carbocycles. The highest BCUT2D eigenvalue weighted by Gasteiger charge is 2.15. The van der Waals surface area contributed by atoms with Gasteiger partial charge in [-0.25, -0.2) is 4.68 Å². The summed E-state index contributed by atoms with van der Waals surface area (Å²) in [6.07, 6.45) is 3.92. The third-order valence-corrected chi connectivity index (χ3v) is 5.02. The lowest BCUT2D eigenvalue weighted by Crippen LogP contribution is -2.10. The molecule has 0 radical (unpaired) electrons. The third kappa shape index (κ3) is 5.73. The quantitative estimate of drug-likeness (QED) is 0.361. The number of aliphatic hydroxyl groups excluding tert-OH is 1. The summed E-state index contributed by atoms with van der Waals surface area (Å²) in [5, 5.41) is 20.6. The first-order chi connectivity index (χ1) is 15.7. The van der Waals surface area contributed by atoms with Crippen molar-refractivity contribution in [1.82, 2.24) is 9.78 Å². The highest BCUT2D eigenvalue weighted by molar-refractivity contribution is 5.71. The largest absolute Gasteiger partial charge is 0.492 e. The van der Waals surface area contributed by atoms with E-state index in [4.69, 9.17) is 9.47 Å². The molecule has 7 heteroatoms. The number of nitrogens with one attached hydrogen (secondary N) is 2. The molecule has 0 fully saturated rings. The topological polar surface area (TPSA) is 80.6 Å². The molecule has 0 bridgehead atoms. The van der Waals surface area contributed by atoms with E-state index in [0.717, 1.165) is 47.0 Å². The van der Waals surface area contributed by atoms with Crippen LogP contribution < -0.4 is 20.1 Å². The average Bonchev–Trinajstić information content (AvgIpc) is 3.21. The lowest BCUT2D eigenvalue weighted by molar-refractivity contribution is 0.310. The molecular weight excluding hydrogens is 404 g/mol. The molecule has 0 unspecified atom stereocenters. The fourth-order valence-electron chi connectivity index (χ4n) is 3.62. The van der Waals surface area contributed by atoms with Crippen LogP contribution >= 0.6 is 0 Å². The van der Waals surface area contributed by atoms with Crippen LogP contribution in [-0.2, 0) is 13.0 Å². The molecule has 1 aromatic heterocycles. The van der Waals surface area contributed by atoms with Gasteiger partial charge in [-0.1, -0.05) is 31.5 Å². The minimum atomic E-state index is 0.0428. The summed E-state index contributed by atoms with van der Waals surface area (Å²) >= 11 is 0. The Kier molecular flexibility index (Phi) is 8.80. The average molecular weight is 439 g/mol. The van der Waals surface area contributed by atoms with E-state index in [-0.39, 0.29) is 6.61 Å². The molecule has 0 aliphatic heterocycles. The smallest absolute Gasteiger partial charge is 0.144 e. The van der Waals surface area contributed by atoms with Crippen LogP contribution in [0, 0.1) is 0 Å². The number of aromatic nitrogens is 2. The van der Waals surface area contributed by atoms with Gasteiger partial charge >= 0.3 is 0 Å². The van der Waals surface area contributed by atoms with Gasteiger partial charge < -0.3 is 25.2 Å². The molecule has 32 heavy (non-hydrogen) atoms. The molecular formula is C25H34N4O3. The summed E-state index contributed by atoms with van der Waals surface area (Å²) in [5.74, 6) is 1.46. The predicted molar refractivity (Wildman–Crippen MR) is 129 cm³/mol. The van der Waals surface area contributed by atoms with Crippen molar-refractivity contribution < 1.29 is 14.6 Å². The van der Waals surface area contributed by atoms with Crippen LogP contribution in [0.1, 0.15) is 38.4 Å². The van der Waals surface area contributed by atoms with Crippen LogP contribution in [0.25, 0.3) is 5.69 Å². The molecule has 7 nitrogen and oxygen atoms in total. The zero-order valence-corrected chi connectivity index (χ0v) is 19.2. The van der Waals surface area contributed by atoms with Crippen molar-refractivity contribution in [2.24, 2.45) is 0 Å². The van der Waals surface area contributed by atoms with Crippen molar-refractivity contribution in [1.29, 1.82) is 0 Å². The Morgan fingerprint density at radius 1 is 0.938 bits per heavy atom. The van der Waals surface area contributed by atoms with E-state index in [0.29, 0.717) is 26.3 Å². The Balaban J connectivity index is 1.88. The van der Waals surface area contributed by atoms with Crippen LogP contribution in [0.15, 0.2) is 48.7 Å². The van der Waals surface area contributed by atoms with E-state index in [1.165, 1.54) is 5.69 Å². The molecule has 2 aromatic carbocycles. The van der Waals surface area contributed by atoms with Gasteiger partial charge in [0.25, 0.3) is 0 Å². The van der Waals surface area contributed by atoms with E-state index in [9.17, 15) is 5.11 Å². The van der Waals surface area contributed by atoms with Crippen LogP contribution in [0.5, 0.6) is 11.5 Å². The first kappa shape index (κ1) is 23.5. The zero-order valence-electron chi connectivity index (χ0n) is 19.2. The van der Waals surface area contributed by atoms with Crippen LogP contribution in [0.4, 0.5) is 11.4 Å². The van der Waals surface area contributed by atoms with Crippen molar-refractivity contribution in [3.05, 3.63) is 59.9 Å². The van der Waals surface area contributed by atoms with Gasteiger partial charge in [-0.05, 0) is 32.4 Å². The van der Waals surface area contributed by atoms with Crippen molar-refractivity contribution in [2.45, 2.75) is 40.2 Å². The SMILES string of the molecule is CCCc1c(CNc2cc(OCC)c(NCCO)cc2OCC)cnn1-c1ccccc1. The van der Waals surface area contributed by atoms with Gasteiger partial charge in [-0.3, -0.25) is 0 Å².